The van der Waals surface area contributed by atoms with Crippen molar-refractivity contribution >= 4 is 17.5 Å². The highest BCUT2D eigenvalue weighted by Crippen LogP contribution is 2.16. The van der Waals surface area contributed by atoms with Gasteiger partial charge in [-0.1, -0.05) is 6.08 Å². The van der Waals surface area contributed by atoms with Crippen molar-refractivity contribution in [2.75, 3.05) is 19.6 Å². The Balaban J connectivity index is 1.77. The van der Waals surface area contributed by atoms with Crippen LogP contribution in [0.25, 0.3) is 0 Å². The van der Waals surface area contributed by atoms with E-state index >= 15 is 0 Å². The van der Waals surface area contributed by atoms with Gasteiger partial charge < -0.3 is 16.0 Å². The zero-order chi connectivity index (χ0) is 20.1. The number of amides is 2. The number of hydrogen-bond donors (Lipinski definition) is 3. The van der Waals surface area contributed by atoms with Crippen LogP contribution < -0.4 is 16.0 Å². The third kappa shape index (κ3) is 4.78. The van der Waals surface area contributed by atoms with Gasteiger partial charge in [-0.05, 0) is 38.8 Å². The largest absolute Gasteiger partial charge is 0.348 e. The molecule has 2 amide bonds. The Labute approximate surface area is 160 Å². The SMILES string of the molecule is O=C(NC1CCNCC1)C1=NCCCC=C1NC(=O)c1c(F)cc(F)cc1F. The van der Waals surface area contributed by atoms with Crippen molar-refractivity contribution in [3.8, 4) is 0 Å². The molecule has 0 aromatic heterocycles. The van der Waals surface area contributed by atoms with Crippen LogP contribution in [0.1, 0.15) is 36.0 Å². The van der Waals surface area contributed by atoms with Crippen molar-refractivity contribution in [2.24, 2.45) is 4.99 Å². The Morgan fingerprint density at radius 2 is 1.75 bits per heavy atom. The van der Waals surface area contributed by atoms with Crippen LogP contribution in [-0.4, -0.2) is 43.2 Å². The van der Waals surface area contributed by atoms with E-state index in [0.29, 0.717) is 31.5 Å². The molecule has 3 rings (SSSR count). The average Bonchev–Trinajstić information content (AvgIpc) is 2.87. The first kappa shape index (κ1) is 20.1. The summed E-state index contributed by atoms with van der Waals surface area (Å²) in [4.78, 5) is 29.3. The predicted molar refractivity (Wildman–Crippen MR) is 97.4 cm³/mol. The van der Waals surface area contributed by atoms with Gasteiger partial charge in [0, 0.05) is 24.7 Å². The fourth-order valence-electron chi connectivity index (χ4n) is 3.18. The van der Waals surface area contributed by atoms with Crippen molar-refractivity contribution in [3.05, 3.63) is 46.9 Å². The third-order valence-corrected chi connectivity index (χ3v) is 4.61. The van der Waals surface area contributed by atoms with Gasteiger partial charge in [-0.15, -0.1) is 0 Å². The van der Waals surface area contributed by atoms with Crippen LogP contribution in [0.15, 0.2) is 28.9 Å². The molecule has 9 heteroatoms. The summed E-state index contributed by atoms with van der Waals surface area (Å²) >= 11 is 0. The van der Waals surface area contributed by atoms with Crippen molar-refractivity contribution < 1.29 is 22.8 Å². The number of hydrogen-bond acceptors (Lipinski definition) is 4. The number of allylic oxidation sites excluding steroid dienone is 1. The highest BCUT2D eigenvalue weighted by atomic mass is 19.1. The molecule has 1 aromatic rings. The van der Waals surface area contributed by atoms with Crippen molar-refractivity contribution in [2.45, 2.75) is 31.7 Å². The summed E-state index contributed by atoms with van der Waals surface area (Å²) in [5.74, 6) is -5.31. The van der Waals surface area contributed by atoms with E-state index in [2.05, 4.69) is 20.9 Å². The molecule has 1 fully saturated rings. The van der Waals surface area contributed by atoms with Crippen LogP contribution in [0.4, 0.5) is 13.2 Å². The molecule has 28 heavy (non-hydrogen) atoms. The summed E-state index contributed by atoms with van der Waals surface area (Å²) in [6, 6.07) is 0.847. The van der Waals surface area contributed by atoms with Gasteiger partial charge in [0.2, 0.25) is 0 Å². The first-order valence-electron chi connectivity index (χ1n) is 9.18. The Hall–Kier alpha value is -2.68. The maximum Gasteiger partial charge on any atom is 0.271 e. The summed E-state index contributed by atoms with van der Waals surface area (Å²) in [7, 11) is 0. The van der Waals surface area contributed by atoms with E-state index in [1.54, 1.807) is 6.08 Å². The number of aliphatic imine (C=N–C) groups is 1. The maximum absolute atomic E-state index is 13.9. The number of piperidine rings is 1. The van der Waals surface area contributed by atoms with Crippen molar-refractivity contribution in [3.63, 3.8) is 0 Å². The minimum absolute atomic E-state index is 0.0105. The van der Waals surface area contributed by atoms with Crippen LogP contribution in [0.3, 0.4) is 0 Å². The molecule has 0 radical (unpaired) electrons. The zero-order valence-corrected chi connectivity index (χ0v) is 15.2. The van der Waals surface area contributed by atoms with Gasteiger partial charge >= 0.3 is 0 Å². The lowest BCUT2D eigenvalue weighted by molar-refractivity contribution is -0.115. The highest BCUT2D eigenvalue weighted by molar-refractivity contribution is 6.45. The molecule has 1 saturated heterocycles. The fraction of sp³-hybridized carbons (Fsp3) is 0.421. The molecule has 0 atom stereocenters. The number of carbonyl (C=O) groups excluding carboxylic acids is 2. The zero-order valence-electron chi connectivity index (χ0n) is 15.2. The van der Waals surface area contributed by atoms with Gasteiger partial charge in [0.25, 0.3) is 11.8 Å². The van der Waals surface area contributed by atoms with Gasteiger partial charge in [0.15, 0.2) is 0 Å². The molecule has 150 valence electrons. The standard InChI is InChI=1S/C19H21F3N4O2/c20-11-9-13(21)16(14(22)10-11)18(27)26-15-3-1-2-6-24-17(15)19(28)25-12-4-7-23-8-5-12/h3,9-10,12,23H,1-2,4-8H2,(H,25,28)(H,26,27). The van der Waals surface area contributed by atoms with E-state index in [1.165, 1.54) is 0 Å². The van der Waals surface area contributed by atoms with Gasteiger partial charge in [-0.25, -0.2) is 13.2 Å². The molecule has 6 nitrogen and oxygen atoms in total. The lowest BCUT2D eigenvalue weighted by Gasteiger charge is -2.24. The van der Waals surface area contributed by atoms with Gasteiger partial charge in [0.05, 0.1) is 5.70 Å². The van der Waals surface area contributed by atoms with Crippen LogP contribution in [0.2, 0.25) is 0 Å². The van der Waals surface area contributed by atoms with E-state index in [9.17, 15) is 22.8 Å². The van der Waals surface area contributed by atoms with E-state index in [1.807, 2.05) is 0 Å². The molecule has 0 bridgehead atoms. The normalized spacial score (nSPS) is 18.0. The smallest absolute Gasteiger partial charge is 0.271 e. The van der Waals surface area contributed by atoms with Crippen LogP contribution in [-0.2, 0) is 4.79 Å². The molecule has 0 unspecified atom stereocenters. The molecular weight excluding hydrogens is 373 g/mol. The van der Waals surface area contributed by atoms with E-state index in [-0.39, 0.29) is 17.5 Å². The molecule has 0 spiro atoms. The summed E-state index contributed by atoms with van der Waals surface area (Å²) in [6.45, 7) is 1.98. The van der Waals surface area contributed by atoms with E-state index in [0.717, 1.165) is 25.9 Å². The van der Waals surface area contributed by atoms with E-state index < -0.39 is 34.8 Å². The quantitative estimate of drug-likeness (QED) is 0.729. The second-order valence-corrected chi connectivity index (χ2v) is 6.69. The molecule has 2 heterocycles. The van der Waals surface area contributed by atoms with Crippen LogP contribution in [0, 0.1) is 17.5 Å². The Kier molecular flexibility index (Phi) is 6.45. The molecule has 0 aliphatic carbocycles. The molecule has 2 aliphatic heterocycles. The Bertz CT molecular complexity index is 809. The lowest BCUT2D eigenvalue weighted by Crippen LogP contribution is -2.46. The first-order valence-corrected chi connectivity index (χ1v) is 9.18. The van der Waals surface area contributed by atoms with Gasteiger partial charge in [-0.3, -0.25) is 14.6 Å². The fourth-order valence-corrected chi connectivity index (χ4v) is 3.18. The number of halogens is 3. The molecule has 3 N–H and O–H groups in total. The monoisotopic (exact) mass is 394 g/mol. The maximum atomic E-state index is 13.9. The minimum atomic E-state index is -1.32. The molecule has 2 aliphatic rings. The number of benzene rings is 1. The summed E-state index contributed by atoms with van der Waals surface area (Å²) in [6.07, 6.45) is 4.36. The predicted octanol–water partition coefficient (Wildman–Crippen LogP) is 1.82. The third-order valence-electron chi connectivity index (χ3n) is 4.61. The van der Waals surface area contributed by atoms with Gasteiger partial charge in [0.1, 0.15) is 28.7 Å². The van der Waals surface area contributed by atoms with Crippen molar-refractivity contribution in [1.29, 1.82) is 0 Å². The lowest BCUT2D eigenvalue weighted by atomic mass is 10.1. The minimum Gasteiger partial charge on any atom is -0.348 e. The molecular formula is C19H21F3N4O2. The molecule has 0 saturated carbocycles. The van der Waals surface area contributed by atoms with Crippen molar-refractivity contribution in [1.82, 2.24) is 16.0 Å². The van der Waals surface area contributed by atoms with Gasteiger partial charge in [-0.2, -0.15) is 0 Å². The summed E-state index contributed by atoms with van der Waals surface area (Å²) < 4.78 is 40.8. The van der Waals surface area contributed by atoms with Crippen LogP contribution >= 0.6 is 0 Å². The topological polar surface area (TPSA) is 82.6 Å². The van der Waals surface area contributed by atoms with E-state index in [4.69, 9.17) is 0 Å². The Morgan fingerprint density at radius 3 is 2.43 bits per heavy atom. The second-order valence-electron chi connectivity index (χ2n) is 6.69. The Morgan fingerprint density at radius 1 is 1.07 bits per heavy atom. The number of carbonyl (C=O) groups is 2. The number of nitrogens with one attached hydrogen (secondary N) is 3. The molecule has 1 aromatic carbocycles. The number of nitrogens with zero attached hydrogens (tertiary/aromatic N) is 1. The highest BCUT2D eigenvalue weighted by Gasteiger charge is 2.26. The number of rotatable bonds is 4. The average molecular weight is 394 g/mol. The van der Waals surface area contributed by atoms with Crippen LogP contribution in [0.5, 0.6) is 0 Å². The second kappa shape index (κ2) is 9.01. The summed E-state index contributed by atoms with van der Waals surface area (Å²) in [5, 5.41) is 8.45. The summed E-state index contributed by atoms with van der Waals surface area (Å²) in [5.41, 5.74) is -0.797. The first-order chi connectivity index (χ1) is 13.5.